The Morgan fingerprint density at radius 3 is 2.45 bits per heavy atom. The van der Waals surface area contributed by atoms with Crippen LogP contribution in [0.15, 0.2) is 24.3 Å². The fourth-order valence-corrected chi connectivity index (χ4v) is 2.21. The summed E-state index contributed by atoms with van der Waals surface area (Å²) in [5.74, 6) is -5.22. The highest BCUT2D eigenvalue weighted by Crippen LogP contribution is 2.37. The standard InChI is InChI=1S/C12H9F4NO3/c13-7-3-1-2-6(4-7)8-5-17(9(8)10(18)19)11(20)12(14,15)16/h1-4,8-9H,5H2,(H,18,19)/t8-,9+/m1/s1. The van der Waals surface area contributed by atoms with Crippen molar-refractivity contribution in [2.45, 2.75) is 18.1 Å². The Morgan fingerprint density at radius 2 is 1.95 bits per heavy atom. The van der Waals surface area contributed by atoms with E-state index in [4.69, 9.17) is 5.11 Å². The van der Waals surface area contributed by atoms with Crippen molar-refractivity contribution < 1.29 is 32.3 Å². The molecule has 20 heavy (non-hydrogen) atoms. The third kappa shape index (κ3) is 2.45. The molecule has 8 heteroatoms. The molecule has 0 aliphatic carbocycles. The summed E-state index contributed by atoms with van der Waals surface area (Å²) in [6.07, 6.45) is -5.12. The van der Waals surface area contributed by atoms with Gasteiger partial charge in [0.2, 0.25) is 0 Å². The van der Waals surface area contributed by atoms with Crippen LogP contribution in [0.1, 0.15) is 11.5 Å². The van der Waals surface area contributed by atoms with Crippen molar-refractivity contribution in [2.24, 2.45) is 0 Å². The van der Waals surface area contributed by atoms with Crippen molar-refractivity contribution in [3.05, 3.63) is 35.6 Å². The summed E-state index contributed by atoms with van der Waals surface area (Å²) in [5, 5.41) is 8.96. The third-order valence-corrected chi connectivity index (χ3v) is 3.14. The molecular weight excluding hydrogens is 282 g/mol. The topological polar surface area (TPSA) is 57.6 Å². The highest BCUT2D eigenvalue weighted by atomic mass is 19.4. The summed E-state index contributed by atoms with van der Waals surface area (Å²) in [4.78, 5) is 22.3. The van der Waals surface area contributed by atoms with Crippen molar-refractivity contribution in [3.8, 4) is 0 Å². The van der Waals surface area contributed by atoms with Crippen LogP contribution >= 0.6 is 0 Å². The second kappa shape index (κ2) is 4.77. The number of carboxylic acid groups (broad SMARTS) is 1. The Hall–Kier alpha value is -2.12. The van der Waals surface area contributed by atoms with Gasteiger partial charge < -0.3 is 10.0 Å². The van der Waals surface area contributed by atoms with Gasteiger partial charge in [-0.15, -0.1) is 0 Å². The minimum atomic E-state index is -5.12. The van der Waals surface area contributed by atoms with Crippen molar-refractivity contribution in [1.82, 2.24) is 4.90 Å². The Bertz CT molecular complexity index is 558. The summed E-state index contributed by atoms with van der Waals surface area (Å²) >= 11 is 0. The molecule has 1 aromatic carbocycles. The summed E-state index contributed by atoms with van der Waals surface area (Å²) in [6, 6.07) is 3.30. The second-order valence-corrected chi connectivity index (χ2v) is 4.40. The van der Waals surface area contributed by atoms with Gasteiger partial charge in [0.15, 0.2) is 0 Å². The van der Waals surface area contributed by atoms with Crippen molar-refractivity contribution in [2.75, 3.05) is 6.54 Å². The second-order valence-electron chi connectivity index (χ2n) is 4.40. The van der Waals surface area contributed by atoms with Crippen LogP contribution in [0.5, 0.6) is 0 Å². The van der Waals surface area contributed by atoms with E-state index in [0.29, 0.717) is 0 Å². The normalized spacial score (nSPS) is 22.3. The number of nitrogens with zero attached hydrogens (tertiary/aromatic N) is 1. The molecule has 0 saturated carbocycles. The molecule has 1 aliphatic heterocycles. The molecule has 0 spiro atoms. The molecular formula is C12H9F4NO3. The molecule has 1 fully saturated rings. The molecule has 1 heterocycles. The van der Waals surface area contributed by atoms with E-state index >= 15 is 0 Å². The number of hydrogen-bond acceptors (Lipinski definition) is 2. The summed E-state index contributed by atoms with van der Waals surface area (Å²) in [6.45, 7) is -0.404. The lowest BCUT2D eigenvalue weighted by Crippen LogP contribution is -2.63. The number of carboxylic acids is 1. The molecule has 1 saturated heterocycles. The summed E-state index contributed by atoms with van der Waals surface area (Å²) in [5.41, 5.74) is 0.253. The van der Waals surface area contributed by atoms with Crippen molar-refractivity contribution in [3.63, 3.8) is 0 Å². The van der Waals surface area contributed by atoms with E-state index in [1.807, 2.05) is 0 Å². The first-order chi connectivity index (χ1) is 9.21. The molecule has 1 aliphatic rings. The largest absolute Gasteiger partial charge is 0.480 e. The number of alkyl halides is 3. The lowest BCUT2D eigenvalue weighted by molar-refractivity contribution is -0.197. The van der Waals surface area contributed by atoms with Crippen LogP contribution < -0.4 is 0 Å². The van der Waals surface area contributed by atoms with Crippen molar-refractivity contribution in [1.29, 1.82) is 0 Å². The highest BCUT2D eigenvalue weighted by Gasteiger charge is 2.54. The van der Waals surface area contributed by atoms with Crippen molar-refractivity contribution >= 4 is 11.9 Å². The number of hydrogen-bond donors (Lipinski definition) is 1. The average molecular weight is 291 g/mol. The molecule has 1 amide bonds. The van der Waals surface area contributed by atoms with Gasteiger partial charge in [-0.3, -0.25) is 4.79 Å². The Balaban J connectivity index is 2.24. The number of aliphatic carboxylic acids is 1. The molecule has 0 radical (unpaired) electrons. The lowest BCUT2D eigenvalue weighted by atomic mass is 9.82. The van der Waals surface area contributed by atoms with E-state index in [1.165, 1.54) is 12.1 Å². The van der Waals surface area contributed by atoms with Crippen LogP contribution in [0.3, 0.4) is 0 Å². The van der Waals surface area contributed by atoms with E-state index in [9.17, 15) is 27.2 Å². The minimum absolute atomic E-state index is 0.234. The Kier molecular flexibility index (Phi) is 3.41. The highest BCUT2D eigenvalue weighted by molar-refractivity contribution is 5.89. The molecule has 108 valence electrons. The van der Waals surface area contributed by atoms with Crippen LogP contribution in [-0.2, 0) is 9.59 Å². The molecule has 0 unspecified atom stereocenters. The number of benzene rings is 1. The molecule has 1 N–H and O–H groups in total. The van der Waals surface area contributed by atoms with Crippen LogP contribution in [-0.4, -0.2) is 40.6 Å². The molecule has 0 aromatic heterocycles. The van der Waals surface area contributed by atoms with Gasteiger partial charge in [-0.1, -0.05) is 12.1 Å². The smallest absolute Gasteiger partial charge is 0.471 e. The minimum Gasteiger partial charge on any atom is -0.480 e. The molecule has 2 atom stereocenters. The van der Waals surface area contributed by atoms with Gasteiger partial charge in [0.1, 0.15) is 11.9 Å². The first kappa shape index (κ1) is 14.3. The van der Waals surface area contributed by atoms with Gasteiger partial charge in [0.05, 0.1) is 0 Å². The molecule has 2 rings (SSSR count). The Morgan fingerprint density at radius 1 is 1.30 bits per heavy atom. The number of halogens is 4. The molecule has 0 bridgehead atoms. The van der Waals surface area contributed by atoms with Crippen LogP contribution in [0.25, 0.3) is 0 Å². The fraction of sp³-hybridized carbons (Fsp3) is 0.333. The van der Waals surface area contributed by atoms with Crippen LogP contribution in [0, 0.1) is 5.82 Å². The zero-order valence-corrected chi connectivity index (χ0v) is 9.89. The lowest BCUT2D eigenvalue weighted by Gasteiger charge is -2.45. The third-order valence-electron chi connectivity index (χ3n) is 3.14. The van der Waals surface area contributed by atoms with Gasteiger partial charge in [0, 0.05) is 12.5 Å². The number of carbonyl (C=O) groups is 2. The monoisotopic (exact) mass is 291 g/mol. The first-order valence-electron chi connectivity index (χ1n) is 5.58. The van der Waals surface area contributed by atoms with Crippen LogP contribution in [0.4, 0.5) is 17.6 Å². The van der Waals surface area contributed by atoms with E-state index < -0.39 is 42.4 Å². The van der Waals surface area contributed by atoms with Gasteiger partial charge >= 0.3 is 18.1 Å². The van der Waals surface area contributed by atoms with E-state index in [1.54, 1.807) is 0 Å². The van der Waals surface area contributed by atoms with E-state index in [-0.39, 0.29) is 10.5 Å². The van der Waals surface area contributed by atoms with E-state index in [2.05, 4.69) is 0 Å². The maximum Gasteiger partial charge on any atom is 0.471 e. The molecule has 1 aromatic rings. The maximum absolute atomic E-state index is 13.1. The number of rotatable bonds is 2. The fourth-order valence-electron chi connectivity index (χ4n) is 2.21. The maximum atomic E-state index is 13.1. The summed E-state index contributed by atoms with van der Waals surface area (Å²) < 4.78 is 50.0. The first-order valence-corrected chi connectivity index (χ1v) is 5.58. The van der Waals surface area contributed by atoms with Gasteiger partial charge in [-0.2, -0.15) is 13.2 Å². The Labute approximate surface area is 110 Å². The van der Waals surface area contributed by atoms with Gasteiger partial charge in [0.25, 0.3) is 0 Å². The van der Waals surface area contributed by atoms with Gasteiger partial charge in [-0.25, -0.2) is 9.18 Å². The van der Waals surface area contributed by atoms with Gasteiger partial charge in [-0.05, 0) is 17.7 Å². The number of likely N-dealkylation sites (tertiary alicyclic amines) is 1. The SMILES string of the molecule is O=C(O)[C@@H]1[C@@H](c2cccc(F)c2)CN1C(=O)C(F)(F)F. The quantitative estimate of drug-likeness (QED) is 0.845. The van der Waals surface area contributed by atoms with E-state index in [0.717, 1.165) is 12.1 Å². The number of carbonyl (C=O) groups excluding carboxylic acids is 1. The number of amides is 1. The zero-order valence-electron chi connectivity index (χ0n) is 9.89. The zero-order chi connectivity index (χ0) is 15.1. The predicted molar refractivity (Wildman–Crippen MR) is 58.3 cm³/mol. The summed E-state index contributed by atoms with van der Waals surface area (Å²) in [7, 11) is 0. The molecule has 4 nitrogen and oxygen atoms in total. The average Bonchev–Trinajstić information content (AvgIpc) is 2.25. The predicted octanol–water partition coefficient (Wildman–Crippen LogP) is 1.77. The van der Waals surface area contributed by atoms with Crippen LogP contribution in [0.2, 0.25) is 0 Å².